The molecule has 0 aliphatic heterocycles. The van der Waals surface area contributed by atoms with Gasteiger partial charge in [0.2, 0.25) is 0 Å². The third kappa shape index (κ3) is 1.82. The van der Waals surface area contributed by atoms with Crippen LogP contribution < -0.4 is 5.56 Å². The molecule has 18 heavy (non-hydrogen) atoms. The molecule has 0 N–H and O–H groups in total. The predicted molar refractivity (Wildman–Crippen MR) is 75.9 cm³/mol. The first-order valence-electron chi connectivity index (χ1n) is 5.98. The Hall–Kier alpha value is -2.01. The summed E-state index contributed by atoms with van der Waals surface area (Å²) in [6.07, 6.45) is 7.34. The lowest BCUT2D eigenvalue weighted by Gasteiger charge is -2.23. The summed E-state index contributed by atoms with van der Waals surface area (Å²) in [6.45, 7) is 7.94. The van der Waals surface area contributed by atoms with Gasteiger partial charge in [-0.3, -0.25) is 4.79 Å². The Morgan fingerprint density at radius 2 is 1.94 bits per heavy atom. The SMILES string of the molecule is C#Cc1cn(C(C)(C)C)c(=O)c2c(C)cccc12. The molecule has 0 spiro atoms. The van der Waals surface area contributed by atoms with E-state index in [9.17, 15) is 4.79 Å². The van der Waals surface area contributed by atoms with Crippen molar-refractivity contribution in [3.63, 3.8) is 0 Å². The Morgan fingerprint density at radius 1 is 1.28 bits per heavy atom. The van der Waals surface area contributed by atoms with Gasteiger partial charge in [0.15, 0.2) is 0 Å². The van der Waals surface area contributed by atoms with Crippen LogP contribution in [0.15, 0.2) is 29.2 Å². The van der Waals surface area contributed by atoms with Crippen molar-refractivity contribution in [2.24, 2.45) is 0 Å². The summed E-state index contributed by atoms with van der Waals surface area (Å²) in [5.74, 6) is 2.68. The molecule has 0 amide bonds. The van der Waals surface area contributed by atoms with Gasteiger partial charge >= 0.3 is 0 Å². The van der Waals surface area contributed by atoms with Crippen LogP contribution in [0.3, 0.4) is 0 Å². The van der Waals surface area contributed by atoms with Crippen LogP contribution in [-0.2, 0) is 5.54 Å². The Balaban J connectivity index is 3.05. The minimum absolute atomic E-state index is 0.0228. The monoisotopic (exact) mass is 239 g/mol. The van der Waals surface area contributed by atoms with Gasteiger partial charge < -0.3 is 4.57 Å². The Morgan fingerprint density at radius 3 is 2.50 bits per heavy atom. The fourth-order valence-electron chi connectivity index (χ4n) is 2.17. The molecule has 0 unspecified atom stereocenters. The summed E-state index contributed by atoms with van der Waals surface area (Å²) in [5, 5.41) is 1.59. The second-order valence-electron chi connectivity index (χ2n) is 5.53. The molecule has 2 nitrogen and oxygen atoms in total. The fourth-order valence-corrected chi connectivity index (χ4v) is 2.17. The highest BCUT2D eigenvalue weighted by atomic mass is 16.1. The van der Waals surface area contributed by atoms with Crippen molar-refractivity contribution >= 4 is 10.8 Å². The highest BCUT2D eigenvalue weighted by molar-refractivity contribution is 5.89. The van der Waals surface area contributed by atoms with E-state index in [2.05, 4.69) is 5.92 Å². The first-order valence-corrected chi connectivity index (χ1v) is 5.98. The quantitative estimate of drug-likeness (QED) is 0.648. The average molecular weight is 239 g/mol. The van der Waals surface area contributed by atoms with E-state index in [-0.39, 0.29) is 11.1 Å². The van der Waals surface area contributed by atoms with Crippen LogP contribution >= 0.6 is 0 Å². The van der Waals surface area contributed by atoms with Crippen LogP contribution in [0.5, 0.6) is 0 Å². The van der Waals surface area contributed by atoms with Crippen molar-refractivity contribution in [2.45, 2.75) is 33.2 Å². The molecule has 0 atom stereocenters. The second kappa shape index (κ2) is 4.03. The maximum absolute atomic E-state index is 12.6. The first-order chi connectivity index (χ1) is 8.36. The molecule has 0 saturated heterocycles. The number of nitrogens with zero attached hydrogens (tertiary/aromatic N) is 1. The van der Waals surface area contributed by atoms with E-state index < -0.39 is 0 Å². The summed E-state index contributed by atoms with van der Waals surface area (Å²) in [7, 11) is 0. The van der Waals surface area contributed by atoms with Gasteiger partial charge in [-0.2, -0.15) is 0 Å². The van der Waals surface area contributed by atoms with Gasteiger partial charge in [0.1, 0.15) is 0 Å². The van der Waals surface area contributed by atoms with E-state index in [0.717, 1.165) is 21.9 Å². The molecular formula is C16H17NO. The van der Waals surface area contributed by atoms with E-state index in [4.69, 9.17) is 6.42 Å². The van der Waals surface area contributed by atoms with E-state index in [0.29, 0.717) is 0 Å². The molecule has 0 saturated carbocycles. The highest BCUT2D eigenvalue weighted by Crippen LogP contribution is 2.21. The Labute approximate surface area is 107 Å². The number of benzene rings is 1. The maximum Gasteiger partial charge on any atom is 0.259 e. The summed E-state index contributed by atoms with van der Waals surface area (Å²) < 4.78 is 1.72. The molecule has 1 aromatic carbocycles. The van der Waals surface area contributed by atoms with Crippen molar-refractivity contribution < 1.29 is 0 Å². The lowest BCUT2D eigenvalue weighted by Crippen LogP contribution is -2.34. The number of hydrogen-bond donors (Lipinski definition) is 0. The molecule has 0 aliphatic carbocycles. The summed E-state index contributed by atoms with van der Waals surface area (Å²) >= 11 is 0. The largest absolute Gasteiger partial charge is 0.308 e. The van der Waals surface area contributed by atoms with Crippen molar-refractivity contribution in [1.82, 2.24) is 4.57 Å². The Bertz CT molecular complexity index is 709. The third-order valence-corrected chi connectivity index (χ3v) is 3.13. The van der Waals surface area contributed by atoms with Gasteiger partial charge in [-0.05, 0) is 33.3 Å². The molecule has 2 rings (SSSR count). The highest BCUT2D eigenvalue weighted by Gasteiger charge is 2.18. The zero-order valence-corrected chi connectivity index (χ0v) is 11.2. The van der Waals surface area contributed by atoms with E-state index in [1.165, 1.54) is 0 Å². The molecule has 1 aromatic heterocycles. The Kier molecular flexibility index (Phi) is 2.78. The second-order valence-corrected chi connectivity index (χ2v) is 5.53. The van der Waals surface area contributed by atoms with Crippen LogP contribution in [0.1, 0.15) is 31.9 Å². The normalized spacial score (nSPS) is 11.5. The number of pyridine rings is 1. The molecular weight excluding hydrogens is 222 g/mol. The van der Waals surface area contributed by atoms with Gasteiger partial charge in [-0.25, -0.2) is 0 Å². The lowest BCUT2D eigenvalue weighted by molar-refractivity contribution is 0.386. The molecule has 0 bridgehead atoms. The van der Waals surface area contributed by atoms with Crippen molar-refractivity contribution in [3.8, 4) is 12.3 Å². The third-order valence-electron chi connectivity index (χ3n) is 3.13. The van der Waals surface area contributed by atoms with Crippen molar-refractivity contribution in [1.29, 1.82) is 0 Å². The number of fused-ring (bicyclic) bond motifs is 1. The standard InChI is InChI=1S/C16H17NO/c1-6-12-10-17(16(3,4)5)15(18)14-11(2)8-7-9-13(12)14/h1,7-10H,2-5H3. The van der Waals surface area contributed by atoms with Crippen molar-refractivity contribution in [2.75, 3.05) is 0 Å². The predicted octanol–water partition coefficient (Wildman–Crippen LogP) is 3.05. The van der Waals surface area contributed by atoms with Crippen LogP contribution in [0, 0.1) is 19.3 Å². The zero-order chi connectivity index (χ0) is 13.5. The number of rotatable bonds is 0. The topological polar surface area (TPSA) is 22.0 Å². The number of hydrogen-bond acceptors (Lipinski definition) is 1. The minimum Gasteiger partial charge on any atom is -0.308 e. The van der Waals surface area contributed by atoms with E-state index in [1.54, 1.807) is 10.8 Å². The van der Waals surface area contributed by atoms with Gasteiger partial charge in [0.25, 0.3) is 5.56 Å². The molecule has 0 radical (unpaired) electrons. The first kappa shape index (κ1) is 12.4. The van der Waals surface area contributed by atoms with Gasteiger partial charge in [0, 0.05) is 22.7 Å². The lowest BCUT2D eigenvalue weighted by atomic mass is 10.0. The number of terminal acetylenes is 1. The summed E-state index contributed by atoms with van der Waals surface area (Å²) in [4.78, 5) is 12.6. The minimum atomic E-state index is -0.279. The summed E-state index contributed by atoms with van der Waals surface area (Å²) in [6, 6.07) is 5.78. The van der Waals surface area contributed by atoms with Crippen molar-refractivity contribution in [3.05, 3.63) is 45.9 Å². The zero-order valence-electron chi connectivity index (χ0n) is 11.2. The molecule has 2 aromatic rings. The van der Waals surface area contributed by atoms with E-state index >= 15 is 0 Å². The number of aromatic nitrogens is 1. The molecule has 0 aliphatic rings. The smallest absolute Gasteiger partial charge is 0.259 e. The van der Waals surface area contributed by atoms with Crippen LogP contribution in [0.25, 0.3) is 10.8 Å². The maximum atomic E-state index is 12.6. The summed E-state index contributed by atoms with van der Waals surface area (Å²) in [5.41, 5.74) is 1.48. The molecule has 1 heterocycles. The molecule has 0 fully saturated rings. The van der Waals surface area contributed by atoms with Gasteiger partial charge in [0.05, 0.1) is 5.39 Å². The van der Waals surface area contributed by atoms with Crippen LogP contribution in [0.4, 0.5) is 0 Å². The fraction of sp³-hybridized carbons (Fsp3) is 0.312. The average Bonchev–Trinajstić information content (AvgIpc) is 2.28. The number of aryl methyl sites for hydroxylation is 1. The van der Waals surface area contributed by atoms with Gasteiger partial charge in [-0.1, -0.05) is 24.1 Å². The van der Waals surface area contributed by atoms with Crippen LogP contribution in [-0.4, -0.2) is 4.57 Å². The van der Waals surface area contributed by atoms with E-state index in [1.807, 2.05) is 45.9 Å². The van der Waals surface area contributed by atoms with Crippen LogP contribution in [0.2, 0.25) is 0 Å². The molecule has 92 valence electrons. The molecule has 2 heteroatoms. The van der Waals surface area contributed by atoms with Gasteiger partial charge in [-0.15, -0.1) is 6.42 Å².